The molecule has 0 radical (unpaired) electrons. The fourth-order valence-corrected chi connectivity index (χ4v) is 1.23. The van der Waals surface area contributed by atoms with Gasteiger partial charge in [0.15, 0.2) is 0 Å². The fraction of sp³-hybridized carbons (Fsp3) is 0.818. The van der Waals surface area contributed by atoms with Crippen molar-refractivity contribution in [3.8, 4) is 0 Å². The summed E-state index contributed by atoms with van der Waals surface area (Å²) in [4.78, 5) is 22.3. The van der Waals surface area contributed by atoms with Crippen molar-refractivity contribution in [1.82, 2.24) is 5.32 Å². The van der Waals surface area contributed by atoms with Gasteiger partial charge in [-0.3, -0.25) is 0 Å². The largest absolute Gasteiger partial charge is 0.480 e. The van der Waals surface area contributed by atoms with E-state index in [0.717, 1.165) is 19.4 Å². The summed E-state index contributed by atoms with van der Waals surface area (Å²) in [7, 11) is 0. The van der Waals surface area contributed by atoms with Crippen molar-refractivity contribution in [2.75, 3.05) is 6.54 Å². The van der Waals surface area contributed by atoms with Crippen molar-refractivity contribution in [3.63, 3.8) is 0 Å². The summed E-state index contributed by atoms with van der Waals surface area (Å²) in [6.45, 7) is 5.94. The van der Waals surface area contributed by atoms with E-state index >= 15 is 0 Å². The minimum absolute atomic E-state index is 0.393. The molecule has 0 aliphatic heterocycles. The number of carboxylic acid groups (broad SMARTS) is 1. The molecule has 0 aromatic rings. The summed E-state index contributed by atoms with van der Waals surface area (Å²) in [5.41, 5.74) is 3.05. The number of carbonyl (C=O) groups is 2. The van der Waals surface area contributed by atoms with E-state index in [1.807, 2.05) is 0 Å². The van der Waals surface area contributed by atoms with Crippen molar-refractivity contribution in [2.45, 2.75) is 51.7 Å². The number of amides is 1. The molecule has 0 aromatic heterocycles. The standard InChI is InChI=1S/C11H22N2O4/c1-11(2,3)17-10(16)13-8(9(14)15)6-4-5-7-12/h8H,4-7,12H2,1-3H3,(H,13,16)(H,14,15)/p+1/t8-/m0/s1. The molecule has 100 valence electrons. The van der Waals surface area contributed by atoms with Crippen molar-refractivity contribution in [3.05, 3.63) is 0 Å². The van der Waals surface area contributed by atoms with Crippen LogP contribution >= 0.6 is 0 Å². The average molecular weight is 247 g/mol. The third-order valence-electron chi connectivity index (χ3n) is 1.98. The summed E-state index contributed by atoms with van der Waals surface area (Å²) in [5, 5.41) is 11.3. The van der Waals surface area contributed by atoms with E-state index in [4.69, 9.17) is 9.84 Å². The number of aliphatic carboxylic acids is 1. The first kappa shape index (κ1) is 15.7. The van der Waals surface area contributed by atoms with Gasteiger partial charge < -0.3 is 20.9 Å². The van der Waals surface area contributed by atoms with E-state index in [0.29, 0.717) is 6.42 Å². The Labute approximate surface area is 102 Å². The Morgan fingerprint density at radius 3 is 2.35 bits per heavy atom. The van der Waals surface area contributed by atoms with Gasteiger partial charge in [0.25, 0.3) is 0 Å². The third kappa shape index (κ3) is 8.50. The van der Waals surface area contributed by atoms with Crippen LogP contribution in [0.3, 0.4) is 0 Å². The highest BCUT2D eigenvalue weighted by Gasteiger charge is 2.23. The average Bonchev–Trinajstić information content (AvgIpc) is 2.13. The molecule has 0 bridgehead atoms. The Balaban J connectivity index is 4.16. The highest BCUT2D eigenvalue weighted by molar-refractivity contribution is 5.79. The summed E-state index contributed by atoms with van der Waals surface area (Å²) < 4.78 is 5.00. The molecule has 0 heterocycles. The van der Waals surface area contributed by atoms with Gasteiger partial charge in [0.1, 0.15) is 11.6 Å². The molecular weight excluding hydrogens is 224 g/mol. The molecule has 0 fully saturated rings. The zero-order valence-electron chi connectivity index (χ0n) is 10.8. The molecule has 0 spiro atoms. The summed E-state index contributed by atoms with van der Waals surface area (Å²) >= 11 is 0. The molecule has 0 unspecified atom stereocenters. The first-order chi connectivity index (χ1) is 7.76. The van der Waals surface area contributed by atoms with Crippen molar-refractivity contribution >= 4 is 12.1 Å². The first-order valence-electron chi connectivity index (χ1n) is 5.78. The van der Waals surface area contributed by atoms with E-state index in [-0.39, 0.29) is 0 Å². The number of alkyl carbamates (subject to hydrolysis) is 1. The van der Waals surface area contributed by atoms with Gasteiger partial charge in [-0.2, -0.15) is 0 Å². The second-order valence-electron chi connectivity index (χ2n) is 4.89. The topological polar surface area (TPSA) is 103 Å². The third-order valence-corrected chi connectivity index (χ3v) is 1.98. The van der Waals surface area contributed by atoms with Crippen LogP contribution in [0.4, 0.5) is 4.79 Å². The maximum atomic E-state index is 11.4. The highest BCUT2D eigenvalue weighted by atomic mass is 16.6. The molecule has 1 atom stereocenters. The monoisotopic (exact) mass is 247 g/mol. The van der Waals surface area contributed by atoms with E-state index in [9.17, 15) is 9.59 Å². The predicted molar refractivity (Wildman–Crippen MR) is 62.4 cm³/mol. The van der Waals surface area contributed by atoms with Crippen LogP contribution < -0.4 is 11.1 Å². The molecule has 0 saturated heterocycles. The second-order valence-corrected chi connectivity index (χ2v) is 4.89. The van der Waals surface area contributed by atoms with Gasteiger partial charge in [-0.1, -0.05) is 0 Å². The van der Waals surface area contributed by atoms with E-state index in [1.165, 1.54) is 0 Å². The van der Waals surface area contributed by atoms with Crippen molar-refractivity contribution in [2.24, 2.45) is 0 Å². The van der Waals surface area contributed by atoms with Gasteiger partial charge in [0.2, 0.25) is 0 Å². The number of rotatable bonds is 6. The number of nitrogens with one attached hydrogen (secondary N) is 1. The van der Waals surface area contributed by atoms with E-state index in [1.54, 1.807) is 20.8 Å². The molecule has 0 aromatic carbocycles. The quantitative estimate of drug-likeness (QED) is 0.590. The second kappa shape index (κ2) is 7.11. The Morgan fingerprint density at radius 1 is 1.35 bits per heavy atom. The van der Waals surface area contributed by atoms with Gasteiger partial charge >= 0.3 is 12.1 Å². The minimum Gasteiger partial charge on any atom is -0.480 e. The molecular formula is C11H23N2O4+. The van der Waals surface area contributed by atoms with Gasteiger partial charge in [0.05, 0.1) is 6.54 Å². The number of hydrogen-bond donors (Lipinski definition) is 3. The fourth-order valence-electron chi connectivity index (χ4n) is 1.23. The molecule has 0 aliphatic carbocycles. The summed E-state index contributed by atoms with van der Waals surface area (Å²) in [5.74, 6) is -1.04. The Bertz CT molecular complexity index is 261. The zero-order valence-corrected chi connectivity index (χ0v) is 10.8. The van der Waals surface area contributed by atoms with Crippen LogP contribution in [0.15, 0.2) is 0 Å². The lowest BCUT2D eigenvalue weighted by Crippen LogP contribution is -2.50. The van der Waals surface area contributed by atoms with Crippen LogP contribution in [-0.2, 0) is 9.53 Å². The number of hydrogen-bond acceptors (Lipinski definition) is 3. The van der Waals surface area contributed by atoms with Gasteiger partial charge in [-0.15, -0.1) is 0 Å². The van der Waals surface area contributed by atoms with Crippen LogP contribution in [0.5, 0.6) is 0 Å². The van der Waals surface area contributed by atoms with Gasteiger partial charge in [0, 0.05) is 0 Å². The normalized spacial score (nSPS) is 12.9. The molecule has 1 amide bonds. The lowest BCUT2D eigenvalue weighted by Gasteiger charge is -2.21. The maximum absolute atomic E-state index is 11.4. The molecule has 0 saturated carbocycles. The lowest BCUT2D eigenvalue weighted by atomic mass is 10.1. The van der Waals surface area contributed by atoms with Crippen LogP contribution in [0.1, 0.15) is 40.0 Å². The SMILES string of the molecule is CC(C)(C)OC(=O)N[C@@H](CCCC[NH3+])C(=O)O. The molecule has 0 aliphatic rings. The van der Waals surface area contributed by atoms with Crippen LogP contribution in [-0.4, -0.2) is 35.4 Å². The number of carboxylic acids is 1. The Morgan fingerprint density at radius 2 is 1.94 bits per heavy atom. The molecule has 17 heavy (non-hydrogen) atoms. The molecule has 0 rings (SSSR count). The Kier molecular flexibility index (Phi) is 6.57. The predicted octanol–water partition coefficient (Wildman–Crippen LogP) is 0.377. The Hall–Kier alpha value is -1.30. The molecule has 5 N–H and O–H groups in total. The lowest BCUT2D eigenvalue weighted by molar-refractivity contribution is -0.368. The van der Waals surface area contributed by atoms with Crippen molar-refractivity contribution < 1.29 is 25.2 Å². The number of unbranched alkanes of at least 4 members (excludes halogenated alkanes) is 1. The number of quaternary nitrogens is 1. The smallest absolute Gasteiger partial charge is 0.408 e. The van der Waals surface area contributed by atoms with Crippen molar-refractivity contribution in [1.29, 1.82) is 0 Å². The van der Waals surface area contributed by atoms with E-state index in [2.05, 4.69) is 11.1 Å². The van der Waals surface area contributed by atoms with Gasteiger partial charge in [-0.25, -0.2) is 9.59 Å². The van der Waals surface area contributed by atoms with Crippen LogP contribution in [0, 0.1) is 0 Å². The van der Waals surface area contributed by atoms with Crippen LogP contribution in [0.2, 0.25) is 0 Å². The molecule has 6 nitrogen and oxygen atoms in total. The maximum Gasteiger partial charge on any atom is 0.408 e. The number of ether oxygens (including phenoxy) is 1. The van der Waals surface area contributed by atoms with Crippen LogP contribution in [0.25, 0.3) is 0 Å². The summed E-state index contributed by atoms with van der Waals surface area (Å²) in [6, 6.07) is -0.892. The van der Waals surface area contributed by atoms with E-state index < -0.39 is 23.7 Å². The van der Waals surface area contributed by atoms with Gasteiger partial charge in [-0.05, 0) is 40.0 Å². The summed E-state index contributed by atoms with van der Waals surface area (Å²) in [6.07, 6.45) is 1.26. The minimum atomic E-state index is -1.04. The zero-order chi connectivity index (χ0) is 13.5. The highest BCUT2D eigenvalue weighted by Crippen LogP contribution is 2.08. The first-order valence-corrected chi connectivity index (χ1v) is 5.78. The number of carbonyl (C=O) groups excluding carboxylic acids is 1. The molecule has 6 heteroatoms.